The Morgan fingerprint density at radius 3 is 2.42 bits per heavy atom. The largest absolute Gasteiger partial charge is 0.391 e. The number of rotatable bonds is 2. The lowest BCUT2D eigenvalue weighted by atomic mass is 10.2. The van der Waals surface area contributed by atoms with E-state index in [9.17, 15) is 9.90 Å². The van der Waals surface area contributed by atoms with Gasteiger partial charge in [-0.05, 0) is 33.4 Å². The highest BCUT2D eigenvalue weighted by atomic mass is 16.3. The summed E-state index contributed by atoms with van der Waals surface area (Å²) in [5.41, 5.74) is 0. The SMILES string of the molecule is CN(C)CC1CC(O)CN1C(=O)N1CCCCCC1. The van der Waals surface area contributed by atoms with E-state index >= 15 is 0 Å². The molecule has 0 bridgehead atoms. The highest BCUT2D eigenvalue weighted by Crippen LogP contribution is 2.21. The molecule has 0 aromatic heterocycles. The molecule has 0 spiro atoms. The zero-order chi connectivity index (χ0) is 13.8. The van der Waals surface area contributed by atoms with E-state index in [0.29, 0.717) is 13.0 Å². The second-order valence-electron chi connectivity index (χ2n) is 6.14. The van der Waals surface area contributed by atoms with Gasteiger partial charge in [0.25, 0.3) is 0 Å². The second kappa shape index (κ2) is 6.57. The van der Waals surface area contributed by atoms with Gasteiger partial charge < -0.3 is 19.8 Å². The Kier molecular flexibility index (Phi) is 5.05. The molecule has 2 heterocycles. The molecule has 19 heavy (non-hydrogen) atoms. The van der Waals surface area contributed by atoms with Gasteiger partial charge in [0.1, 0.15) is 0 Å². The molecule has 2 saturated heterocycles. The van der Waals surface area contributed by atoms with Gasteiger partial charge in [0.15, 0.2) is 0 Å². The van der Waals surface area contributed by atoms with Crippen LogP contribution in [0.25, 0.3) is 0 Å². The van der Waals surface area contributed by atoms with E-state index in [-0.39, 0.29) is 18.2 Å². The Labute approximate surface area is 116 Å². The Balaban J connectivity index is 1.98. The average Bonchev–Trinajstić information content (AvgIpc) is 2.57. The highest BCUT2D eigenvalue weighted by Gasteiger charge is 2.36. The van der Waals surface area contributed by atoms with Crippen LogP contribution in [0.3, 0.4) is 0 Å². The minimum atomic E-state index is -0.360. The van der Waals surface area contributed by atoms with Crippen LogP contribution in [0, 0.1) is 0 Å². The summed E-state index contributed by atoms with van der Waals surface area (Å²) in [5.74, 6) is 0. The molecule has 2 atom stereocenters. The number of aliphatic hydroxyl groups is 1. The number of likely N-dealkylation sites (N-methyl/N-ethyl adjacent to an activating group) is 1. The maximum atomic E-state index is 12.6. The van der Waals surface area contributed by atoms with Gasteiger partial charge in [-0.1, -0.05) is 12.8 Å². The van der Waals surface area contributed by atoms with E-state index in [2.05, 4.69) is 4.90 Å². The molecule has 5 heteroatoms. The number of urea groups is 1. The van der Waals surface area contributed by atoms with Crippen LogP contribution >= 0.6 is 0 Å². The standard InChI is InChI=1S/C14H27N3O2/c1-15(2)10-12-9-13(18)11-17(12)14(19)16-7-5-3-4-6-8-16/h12-13,18H,3-11H2,1-2H3. The zero-order valence-electron chi connectivity index (χ0n) is 12.2. The molecular formula is C14H27N3O2. The third-order valence-corrected chi connectivity index (χ3v) is 4.09. The molecule has 0 saturated carbocycles. The highest BCUT2D eigenvalue weighted by molar-refractivity contribution is 5.75. The number of hydrogen-bond acceptors (Lipinski definition) is 3. The van der Waals surface area contributed by atoms with Crippen molar-refractivity contribution in [2.75, 3.05) is 40.3 Å². The van der Waals surface area contributed by atoms with Crippen LogP contribution in [0.4, 0.5) is 4.79 Å². The maximum Gasteiger partial charge on any atom is 0.320 e. The Hall–Kier alpha value is -0.810. The van der Waals surface area contributed by atoms with Gasteiger partial charge in [0.2, 0.25) is 0 Å². The second-order valence-corrected chi connectivity index (χ2v) is 6.14. The minimum absolute atomic E-state index is 0.130. The number of hydrogen-bond donors (Lipinski definition) is 1. The summed E-state index contributed by atoms with van der Waals surface area (Å²) < 4.78 is 0. The molecule has 2 rings (SSSR count). The number of nitrogens with zero attached hydrogens (tertiary/aromatic N) is 3. The average molecular weight is 269 g/mol. The summed E-state index contributed by atoms with van der Waals surface area (Å²) >= 11 is 0. The van der Waals surface area contributed by atoms with Crippen molar-refractivity contribution in [1.29, 1.82) is 0 Å². The van der Waals surface area contributed by atoms with Crippen molar-refractivity contribution in [3.8, 4) is 0 Å². The van der Waals surface area contributed by atoms with Gasteiger partial charge in [0, 0.05) is 32.2 Å². The number of aliphatic hydroxyl groups excluding tert-OH is 1. The maximum absolute atomic E-state index is 12.6. The molecule has 2 aliphatic heterocycles. The Morgan fingerprint density at radius 2 is 1.84 bits per heavy atom. The molecule has 0 aromatic carbocycles. The molecule has 2 fully saturated rings. The molecule has 110 valence electrons. The fraction of sp³-hybridized carbons (Fsp3) is 0.929. The molecule has 2 amide bonds. The molecule has 5 nitrogen and oxygen atoms in total. The number of amides is 2. The molecule has 2 aliphatic rings. The first kappa shape index (κ1) is 14.6. The van der Waals surface area contributed by atoms with E-state index in [0.717, 1.165) is 32.5 Å². The van der Waals surface area contributed by atoms with Gasteiger partial charge in [-0.15, -0.1) is 0 Å². The first-order valence-electron chi connectivity index (χ1n) is 7.46. The summed E-state index contributed by atoms with van der Waals surface area (Å²) in [7, 11) is 4.03. The Bertz CT molecular complexity index is 301. The zero-order valence-corrected chi connectivity index (χ0v) is 12.2. The topological polar surface area (TPSA) is 47.0 Å². The van der Waals surface area contributed by atoms with Crippen molar-refractivity contribution in [1.82, 2.24) is 14.7 Å². The Morgan fingerprint density at radius 1 is 1.21 bits per heavy atom. The van der Waals surface area contributed by atoms with Crippen LogP contribution < -0.4 is 0 Å². The van der Waals surface area contributed by atoms with Crippen molar-refractivity contribution >= 4 is 6.03 Å². The van der Waals surface area contributed by atoms with Crippen molar-refractivity contribution in [2.24, 2.45) is 0 Å². The molecule has 2 unspecified atom stereocenters. The van der Waals surface area contributed by atoms with Gasteiger partial charge in [0.05, 0.1) is 6.10 Å². The first-order valence-corrected chi connectivity index (χ1v) is 7.46. The van der Waals surface area contributed by atoms with Crippen molar-refractivity contribution < 1.29 is 9.90 Å². The van der Waals surface area contributed by atoms with Crippen LogP contribution in [0.15, 0.2) is 0 Å². The summed E-state index contributed by atoms with van der Waals surface area (Å²) in [4.78, 5) is 18.6. The van der Waals surface area contributed by atoms with Crippen LogP contribution in [0.2, 0.25) is 0 Å². The summed E-state index contributed by atoms with van der Waals surface area (Å²) in [5, 5.41) is 9.85. The van der Waals surface area contributed by atoms with Crippen molar-refractivity contribution in [3.63, 3.8) is 0 Å². The monoisotopic (exact) mass is 269 g/mol. The summed E-state index contributed by atoms with van der Waals surface area (Å²) in [6.45, 7) is 3.07. The molecule has 0 aliphatic carbocycles. The molecule has 0 radical (unpaired) electrons. The van der Waals surface area contributed by atoms with Crippen molar-refractivity contribution in [3.05, 3.63) is 0 Å². The fourth-order valence-electron chi connectivity index (χ4n) is 3.16. The normalized spacial score (nSPS) is 28.8. The predicted octanol–water partition coefficient (Wildman–Crippen LogP) is 0.979. The first-order chi connectivity index (χ1) is 9.08. The summed E-state index contributed by atoms with van der Waals surface area (Å²) in [6.07, 6.45) is 5.03. The molecular weight excluding hydrogens is 242 g/mol. The molecule has 0 aromatic rings. The number of carbonyl (C=O) groups excluding carboxylic acids is 1. The van der Waals surface area contributed by atoms with Crippen LogP contribution in [0.1, 0.15) is 32.1 Å². The van der Waals surface area contributed by atoms with E-state index in [1.165, 1.54) is 12.8 Å². The number of carbonyl (C=O) groups is 1. The third kappa shape index (κ3) is 3.83. The van der Waals surface area contributed by atoms with Gasteiger partial charge in [-0.3, -0.25) is 0 Å². The van der Waals surface area contributed by atoms with Crippen LogP contribution in [0.5, 0.6) is 0 Å². The van der Waals surface area contributed by atoms with E-state index in [1.807, 2.05) is 23.9 Å². The van der Waals surface area contributed by atoms with E-state index in [4.69, 9.17) is 0 Å². The number of likely N-dealkylation sites (tertiary alicyclic amines) is 2. The lowest BCUT2D eigenvalue weighted by Gasteiger charge is -2.32. The van der Waals surface area contributed by atoms with Crippen LogP contribution in [-0.4, -0.2) is 78.3 Å². The third-order valence-electron chi connectivity index (χ3n) is 4.09. The smallest absolute Gasteiger partial charge is 0.320 e. The summed E-state index contributed by atoms with van der Waals surface area (Å²) in [6, 6.07) is 0.283. The lowest BCUT2D eigenvalue weighted by molar-refractivity contribution is 0.135. The predicted molar refractivity (Wildman–Crippen MR) is 75.1 cm³/mol. The van der Waals surface area contributed by atoms with E-state index in [1.54, 1.807) is 0 Å². The number of β-amino-alcohol motifs (C(OH)–C–C–N with tert-alkyl or cyclic N) is 1. The van der Waals surface area contributed by atoms with Gasteiger partial charge in [-0.2, -0.15) is 0 Å². The van der Waals surface area contributed by atoms with Crippen LogP contribution in [-0.2, 0) is 0 Å². The lowest BCUT2D eigenvalue weighted by Crippen LogP contribution is -2.48. The fourth-order valence-corrected chi connectivity index (χ4v) is 3.16. The van der Waals surface area contributed by atoms with Gasteiger partial charge >= 0.3 is 6.03 Å². The van der Waals surface area contributed by atoms with E-state index < -0.39 is 0 Å². The minimum Gasteiger partial charge on any atom is -0.391 e. The molecule has 1 N–H and O–H groups in total. The quantitative estimate of drug-likeness (QED) is 0.813. The van der Waals surface area contributed by atoms with Gasteiger partial charge in [-0.25, -0.2) is 4.79 Å². The van der Waals surface area contributed by atoms with Crippen molar-refractivity contribution in [2.45, 2.75) is 44.2 Å².